The lowest BCUT2D eigenvalue weighted by atomic mass is 10.2. The zero-order valence-corrected chi connectivity index (χ0v) is 12.1. The van der Waals surface area contributed by atoms with Gasteiger partial charge >= 0.3 is 0 Å². The topological polar surface area (TPSA) is 65.2 Å². The number of hydrogen-bond donors (Lipinski definition) is 2. The average molecular weight is 265 g/mol. The van der Waals surface area contributed by atoms with E-state index in [-0.39, 0.29) is 16.9 Å². The van der Waals surface area contributed by atoms with E-state index in [1.807, 2.05) is 0 Å². The van der Waals surface area contributed by atoms with Gasteiger partial charge in [-0.15, -0.1) is 0 Å². The van der Waals surface area contributed by atoms with Crippen LogP contribution in [0.25, 0.3) is 0 Å². The minimum Gasteiger partial charge on any atom is -0.364 e. The van der Waals surface area contributed by atoms with Crippen LogP contribution in [0, 0.1) is 6.92 Å². The predicted octanol–water partition coefficient (Wildman–Crippen LogP) is 1.14. The third kappa shape index (κ3) is 4.87. The number of amides is 1. The lowest BCUT2D eigenvalue weighted by molar-refractivity contribution is 0.0950. The van der Waals surface area contributed by atoms with Gasteiger partial charge in [0, 0.05) is 30.5 Å². The van der Waals surface area contributed by atoms with Crippen LogP contribution in [0.4, 0.5) is 0 Å². The first kappa shape index (κ1) is 15.4. The maximum atomic E-state index is 11.8. The quantitative estimate of drug-likeness (QED) is 0.758. The summed E-state index contributed by atoms with van der Waals surface area (Å²) in [7, 11) is 2.05. The molecule has 106 valence electrons. The fraction of sp³-hybridized carbons (Fsp3) is 0.571. The highest BCUT2D eigenvalue weighted by Gasteiger charge is 2.09. The normalized spacial score (nSPS) is 11.1. The summed E-state index contributed by atoms with van der Waals surface area (Å²) in [4.78, 5) is 28.5. The smallest absolute Gasteiger partial charge is 0.256 e. The third-order valence-electron chi connectivity index (χ3n) is 3.16. The van der Waals surface area contributed by atoms with E-state index in [9.17, 15) is 9.59 Å². The molecule has 0 atom stereocenters. The first-order valence-electron chi connectivity index (χ1n) is 6.59. The maximum Gasteiger partial charge on any atom is 0.256 e. The first-order valence-corrected chi connectivity index (χ1v) is 6.59. The Labute approximate surface area is 114 Å². The van der Waals surface area contributed by atoms with Gasteiger partial charge in [0.2, 0.25) is 0 Å². The lowest BCUT2D eigenvalue weighted by Crippen LogP contribution is -2.33. The second-order valence-corrected chi connectivity index (χ2v) is 5.08. The predicted molar refractivity (Wildman–Crippen MR) is 76.5 cm³/mol. The summed E-state index contributed by atoms with van der Waals surface area (Å²) in [5, 5.41) is 2.77. The van der Waals surface area contributed by atoms with Gasteiger partial charge in [-0.1, -0.05) is 0 Å². The van der Waals surface area contributed by atoms with E-state index in [0.29, 0.717) is 12.6 Å². The molecule has 0 unspecified atom stereocenters. The minimum absolute atomic E-state index is 0.169. The molecule has 1 rings (SSSR count). The summed E-state index contributed by atoms with van der Waals surface area (Å²) >= 11 is 0. The number of pyridine rings is 1. The van der Waals surface area contributed by atoms with Crippen molar-refractivity contribution in [3.05, 3.63) is 33.7 Å². The molecule has 19 heavy (non-hydrogen) atoms. The zero-order chi connectivity index (χ0) is 14.4. The van der Waals surface area contributed by atoms with Crippen molar-refractivity contribution in [2.75, 3.05) is 20.1 Å². The number of rotatable bonds is 6. The van der Waals surface area contributed by atoms with E-state index >= 15 is 0 Å². The molecule has 0 aromatic carbocycles. The van der Waals surface area contributed by atoms with E-state index in [4.69, 9.17) is 0 Å². The van der Waals surface area contributed by atoms with Crippen molar-refractivity contribution >= 4 is 5.91 Å². The Morgan fingerprint density at radius 2 is 2.16 bits per heavy atom. The first-order chi connectivity index (χ1) is 8.91. The van der Waals surface area contributed by atoms with Crippen LogP contribution in [0.1, 0.15) is 36.3 Å². The van der Waals surface area contributed by atoms with E-state index < -0.39 is 0 Å². The molecular weight excluding hydrogens is 242 g/mol. The third-order valence-corrected chi connectivity index (χ3v) is 3.16. The molecule has 2 N–H and O–H groups in total. The summed E-state index contributed by atoms with van der Waals surface area (Å²) in [6, 6.07) is 1.93. The number of H-pyrrole nitrogens is 1. The fourth-order valence-corrected chi connectivity index (χ4v) is 1.63. The van der Waals surface area contributed by atoms with Gasteiger partial charge in [-0.2, -0.15) is 0 Å². The summed E-state index contributed by atoms with van der Waals surface area (Å²) in [6.07, 6.45) is 2.33. The molecule has 0 spiro atoms. The van der Waals surface area contributed by atoms with Gasteiger partial charge in [0.25, 0.3) is 5.91 Å². The molecule has 1 aromatic heterocycles. The molecule has 0 bridgehead atoms. The number of nitrogens with one attached hydrogen (secondary N) is 2. The van der Waals surface area contributed by atoms with Crippen molar-refractivity contribution in [2.45, 2.75) is 33.2 Å². The van der Waals surface area contributed by atoms with Gasteiger partial charge in [-0.05, 0) is 40.8 Å². The Hall–Kier alpha value is -1.62. The van der Waals surface area contributed by atoms with E-state index in [1.54, 1.807) is 6.92 Å². The second kappa shape index (κ2) is 7.09. The molecule has 1 heterocycles. The highest BCUT2D eigenvalue weighted by Crippen LogP contribution is 1.95. The Kier molecular flexibility index (Phi) is 5.76. The van der Waals surface area contributed by atoms with Gasteiger partial charge in [0.05, 0.1) is 0 Å². The number of carbonyl (C=O) groups is 1. The molecule has 0 aliphatic rings. The van der Waals surface area contributed by atoms with Crippen molar-refractivity contribution in [1.82, 2.24) is 15.2 Å². The molecule has 5 heteroatoms. The molecule has 0 radical (unpaired) electrons. The zero-order valence-electron chi connectivity index (χ0n) is 12.1. The minimum atomic E-state index is -0.312. The van der Waals surface area contributed by atoms with Crippen LogP contribution in [0.5, 0.6) is 0 Å². The molecule has 0 saturated heterocycles. The van der Waals surface area contributed by atoms with Crippen LogP contribution in [-0.2, 0) is 0 Å². The van der Waals surface area contributed by atoms with Gasteiger partial charge in [-0.25, -0.2) is 0 Å². The van der Waals surface area contributed by atoms with Crippen molar-refractivity contribution in [3.8, 4) is 0 Å². The van der Waals surface area contributed by atoms with Crippen molar-refractivity contribution < 1.29 is 4.79 Å². The fourth-order valence-electron chi connectivity index (χ4n) is 1.63. The van der Waals surface area contributed by atoms with Crippen LogP contribution >= 0.6 is 0 Å². The molecule has 1 amide bonds. The Bertz CT molecular complexity index is 480. The summed E-state index contributed by atoms with van der Waals surface area (Å²) in [5.74, 6) is -0.312. The average Bonchev–Trinajstić information content (AvgIpc) is 2.33. The van der Waals surface area contributed by atoms with Crippen LogP contribution in [0.2, 0.25) is 0 Å². The summed E-state index contributed by atoms with van der Waals surface area (Å²) in [5.41, 5.74) is 0.677. The van der Waals surface area contributed by atoms with Crippen LogP contribution in [-0.4, -0.2) is 42.0 Å². The number of carbonyl (C=O) groups excluding carboxylic acids is 1. The SMILES string of the molecule is Cc1cc(=O)c(C(=O)NCCCN(C)C(C)C)c[nH]1. The lowest BCUT2D eigenvalue weighted by Gasteiger charge is -2.20. The number of hydrogen-bond acceptors (Lipinski definition) is 3. The molecule has 0 fully saturated rings. The van der Waals surface area contributed by atoms with Crippen molar-refractivity contribution in [2.24, 2.45) is 0 Å². The van der Waals surface area contributed by atoms with Gasteiger partial charge in [-0.3, -0.25) is 9.59 Å². The Balaban J connectivity index is 2.42. The van der Waals surface area contributed by atoms with Crippen molar-refractivity contribution in [1.29, 1.82) is 0 Å². The second-order valence-electron chi connectivity index (χ2n) is 5.08. The Morgan fingerprint density at radius 1 is 1.47 bits per heavy atom. The van der Waals surface area contributed by atoms with Gasteiger partial charge in [0.1, 0.15) is 5.56 Å². The molecule has 0 aliphatic heterocycles. The Morgan fingerprint density at radius 3 is 2.74 bits per heavy atom. The van der Waals surface area contributed by atoms with E-state index in [0.717, 1.165) is 18.7 Å². The molecule has 5 nitrogen and oxygen atoms in total. The highest BCUT2D eigenvalue weighted by molar-refractivity contribution is 5.93. The van der Waals surface area contributed by atoms with Crippen molar-refractivity contribution in [3.63, 3.8) is 0 Å². The van der Waals surface area contributed by atoms with Crippen LogP contribution in [0.15, 0.2) is 17.1 Å². The van der Waals surface area contributed by atoms with Crippen LogP contribution in [0.3, 0.4) is 0 Å². The number of nitrogens with zero attached hydrogens (tertiary/aromatic N) is 1. The van der Waals surface area contributed by atoms with E-state index in [1.165, 1.54) is 12.3 Å². The molecule has 1 aromatic rings. The van der Waals surface area contributed by atoms with Gasteiger partial charge < -0.3 is 15.2 Å². The largest absolute Gasteiger partial charge is 0.364 e. The number of aromatic amines is 1. The van der Waals surface area contributed by atoms with Crippen LogP contribution < -0.4 is 10.7 Å². The number of aryl methyl sites for hydroxylation is 1. The molecular formula is C14H23N3O2. The van der Waals surface area contributed by atoms with Gasteiger partial charge in [0.15, 0.2) is 5.43 Å². The summed E-state index contributed by atoms with van der Waals surface area (Å²) < 4.78 is 0. The molecule has 0 aliphatic carbocycles. The monoisotopic (exact) mass is 265 g/mol. The summed E-state index contributed by atoms with van der Waals surface area (Å²) in [6.45, 7) is 7.53. The maximum absolute atomic E-state index is 11.8. The standard InChI is InChI=1S/C14H23N3O2/c1-10(2)17(4)7-5-6-15-14(19)12-9-16-11(3)8-13(12)18/h8-10H,5-7H2,1-4H3,(H,15,19)(H,16,18). The molecule has 0 saturated carbocycles. The highest BCUT2D eigenvalue weighted by atomic mass is 16.2. The van der Waals surface area contributed by atoms with E-state index in [2.05, 4.69) is 36.1 Å². The number of aromatic nitrogens is 1.